The third kappa shape index (κ3) is 2.11. The quantitative estimate of drug-likeness (QED) is 0.808. The SMILES string of the molecule is CC1(C)CN(S(=O)(=O)c2cn[nH]c2)CCO1. The van der Waals surface area contributed by atoms with Gasteiger partial charge in [-0.15, -0.1) is 0 Å². The van der Waals surface area contributed by atoms with E-state index in [0.29, 0.717) is 19.7 Å². The second-order valence-electron chi connectivity index (χ2n) is 4.38. The first kappa shape index (κ1) is 11.6. The lowest BCUT2D eigenvalue weighted by Gasteiger charge is -2.37. The normalized spacial score (nSPS) is 22.1. The number of ether oxygens (including phenoxy) is 1. The van der Waals surface area contributed by atoms with Crippen LogP contribution in [0.15, 0.2) is 17.3 Å². The van der Waals surface area contributed by atoms with Gasteiger partial charge in [0.05, 0.1) is 18.4 Å². The van der Waals surface area contributed by atoms with Gasteiger partial charge in [-0.25, -0.2) is 8.42 Å². The molecule has 0 unspecified atom stereocenters. The number of aromatic nitrogens is 2. The third-order valence-corrected chi connectivity index (χ3v) is 4.31. The maximum atomic E-state index is 12.1. The molecule has 0 aromatic carbocycles. The Morgan fingerprint density at radius 2 is 2.31 bits per heavy atom. The van der Waals surface area contributed by atoms with Gasteiger partial charge >= 0.3 is 0 Å². The lowest BCUT2D eigenvalue weighted by Crippen LogP contribution is -2.50. The average molecular weight is 245 g/mol. The summed E-state index contributed by atoms with van der Waals surface area (Å²) < 4.78 is 31.2. The zero-order chi connectivity index (χ0) is 11.8. The topological polar surface area (TPSA) is 75.3 Å². The van der Waals surface area contributed by atoms with E-state index >= 15 is 0 Å². The van der Waals surface area contributed by atoms with Gasteiger partial charge in [0.1, 0.15) is 4.90 Å². The molecule has 0 atom stereocenters. The first-order valence-electron chi connectivity index (χ1n) is 5.05. The Labute approximate surface area is 94.6 Å². The molecule has 1 aliphatic rings. The van der Waals surface area contributed by atoms with Gasteiger partial charge in [0.15, 0.2) is 0 Å². The van der Waals surface area contributed by atoms with Crippen LogP contribution in [0.3, 0.4) is 0 Å². The number of hydrogen-bond acceptors (Lipinski definition) is 4. The van der Waals surface area contributed by atoms with Crippen LogP contribution < -0.4 is 0 Å². The average Bonchev–Trinajstić information content (AvgIpc) is 2.69. The van der Waals surface area contributed by atoms with Crippen LogP contribution in [0.25, 0.3) is 0 Å². The number of rotatable bonds is 2. The number of sulfonamides is 1. The van der Waals surface area contributed by atoms with Crippen molar-refractivity contribution < 1.29 is 13.2 Å². The third-order valence-electron chi connectivity index (χ3n) is 2.50. The number of nitrogens with zero attached hydrogens (tertiary/aromatic N) is 2. The summed E-state index contributed by atoms with van der Waals surface area (Å²) >= 11 is 0. The smallest absolute Gasteiger partial charge is 0.246 e. The predicted octanol–water partition coefficient (Wildman–Crippen LogP) is 0.209. The number of morpholine rings is 1. The lowest BCUT2D eigenvalue weighted by molar-refractivity contribution is -0.0640. The van der Waals surface area contributed by atoms with E-state index in [2.05, 4.69) is 10.2 Å². The van der Waals surface area contributed by atoms with E-state index in [4.69, 9.17) is 4.74 Å². The molecule has 2 heterocycles. The predicted molar refractivity (Wildman–Crippen MR) is 57.4 cm³/mol. The highest BCUT2D eigenvalue weighted by molar-refractivity contribution is 7.89. The Morgan fingerprint density at radius 3 is 2.88 bits per heavy atom. The molecule has 1 aromatic heterocycles. The molecule has 16 heavy (non-hydrogen) atoms. The van der Waals surface area contributed by atoms with Gasteiger partial charge in [-0.3, -0.25) is 5.10 Å². The van der Waals surface area contributed by atoms with Crippen LogP contribution in [-0.2, 0) is 14.8 Å². The number of H-pyrrole nitrogens is 1. The van der Waals surface area contributed by atoms with Crippen molar-refractivity contribution in [3.05, 3.63) is 12.4 Å². The van der Waals surface area contributed by atoms with E-state index in [1.165, 1.54) is 16.7 Å². The lowest BCUT2D eigenvalue weighted by atomic mass is 10.1. The van der Waals surface area contributed by atoms with Crippen LogP contribution in [0.2, 0.25) is 0 Å². The van der Waals surface area contributed by atoms with Gasteiger partial charge in [0.2, 0.25) is 10.0 Å². The highest BCUT2D eigenvalue weighted by Gasteiger charge is 2.35. The molecule has 0 spiro atoms. The molecule has 0 saturated carbocycles. The zero-order valence-electron chi connectivity index (χ0n) is 9.30. The monoisotopic (exact) mass is 245 g/mol. The van der Waals surface area contributed by atoms with Gasteiger partial charge in [0.25, 0.3) is 0 Å². The van der Waals surface area contributed by atoms with Crippen molar-refractivity contribution >= 4 is 10.0 Å². The minimum Gasteiger partial charge on any atom is -0.373 e. The number of nitrogens with one attached hydrogen (secondary N) is 1. The van der Waals surface area contributed by atoms with Crippen molar-refractivity contribution in [3.8, 4) is 0 Å². The van der Waals surface area contributed by atoms with Crippen molar-refractivity contribution in [1.29, 1.82) is 0 Å². The van der Waals surface area contributed by atoms with Crippen LogP contribution in [0, 0.1) is 0 Å². The first-order chi connectivity index (χ1) is 7.42. The van der Waals surface area contributed by atoms with E-state index in [1.807, 2.05) is 13.8 Å². The van der Waals surface area contributed by atoms with Gasteiger partial charge in [-0.2, -0.15) is 9.40 Å². The minimum absolute atomic E-state index is 0.199. The maximum absolute atomic E-state index is 12.1. The Morgan fingerprint density at radius 1 is 1.56 bits per heavy atom. The molecule has 7 heteroatoms. The van der Waals surface area contributed by atoms with Crippen LogP contribution in [-0.4, -0.2) is 48.2 Å². The van der Waals surface area contributed by atoms with E-state index in [1.54, 1.807) is 0 Å². The summed E-state index contributed by atoms with van der Waals surface area (Å²) in [5.74, 6) is 0. The molecule has 1 saturated heterocycles. The van der Waals surface area contributed by atoms with Gasteiger partial charge < -0.3 is 4.74 Å². The van der Waals surface area contributed by atoms with Crippen molar-refractivity contribution in [2.24, 2.45) is 0 Å². The largest absolute Gasteiger partial charge is 0.373 e. The van der Waals surface area contributed by atoms with Crippen LogP contribution in [0.4, 0.5) is 0 Å². The molecule has 6 nitrogen and oxygen atoms in total. The first-order valence-corrected chi connectivity index (χ1v) is 6.49. The van der Waals surface area contributed by atoms with Gasteiger partial charge in [0, 0.05) is 19.3 Å². The summed E-state index contributed by atoms with van der Waals surface area (Å²) in [5, 5.41) is 6.17. The Bertz CT molecular complexity index is 452. The molecule has 0 aliphatic carbocycles. The number of hydrogen-bond donors (Lipinski definition) is 1. The molecule has 0 amide bonds. The van der Waals surface area contributed by atoms with Crippen molar-refractivity contribution in [2.75, 3.05) is 19.7 Å². The van der Waals surface area contributed by atoms with Crippen molar-refractivity contribution in [3.63, 3.8) is 0 Å². The Balaban J connectivity index is 2.25. The summed E-state index contributed by atoms with van der Waals surface area (Å²) in [6, 6.07) is 0. The summed E-state index contributed by atoms with van der Waals surface area (Å²) in [6.07, 6.45) is 2.70. The summed E-state index contributed by atoms with van der Waals surface area (Å²) in [7, 11) is -3.43. The van der Waals surface area contributed by atoms with Crippen LogP contribution >= 0.6 is 0 Å². The molecule has 1 fully saturated rings. The summed E-state index contributed by atoms with van der Waals surface area (Å²) in [6.45, 7) is 4.93. The molecule has 0 bridgehead atoms. The van der Waals surface area contributed by atoms with Gasteiger partial charge in [-0.05, 0) is 13.8 Å². The molecular formula is C9H15N3O3S. The van der Waals surface area contributed by atoms with Crippen LogP contribution in [0.5, 0.6) is 0 Å². The second kappa shape index (κ2) is 3.83. The molecule has 0 radical (unpaired) electrons. The van der Waals surface area contributed by atoms with E-state index in [9.17, 15) is 8.42 Å². The standard InChI is InChI=1S/C9H15N3O3S/c1-9(2)7-12(3-4-15-9)16(13,14)8-5-10-11-6-8/h5-6H,3-4,7H2,1-2H3,(H,10,11). The summed E-state index contributed by atoms with van der Waals surface area (Å²) in [5.41, 5.74) is -0.435. The molecule has 1 aromatic rings. The number of aromatic amines is 1. The molecule has 2 rings (SSSR count). The van der Waals surface area contributed by atoms with E-state index < -0.39 is 15.6 Å². The second-order valence-corrected chi connectivity index (χ2v) is 6.32. The van der Waals surface area contributed by atoms with Crippen molar-refractivity contribution in [1.82, 2.24) is 14.5 Å². The zero-order valence-corrected chi connectivity index (χ0v) is 10.1. The Kier molecular flexibility index (Phi) is 2.77. The minimum atomic E-state index is -3.43. The van der Waals surface area contributed by atoms with Crippen LogP contribution in [0.1, 0.15) is 13.8 Å². The van der Waals surface area contributed by atoms with Crippen molar-refractivity contribution in [2.45, 2.75) is 24.3 Å². The van der Waals surface area contributed by atoms with E-state index in [-0.39, 0.29) is 4.90 Å². The Hall–Kier alpha value is -0.920. The molecule has 1 N–H and O–H groups in total. The van der Waals surface area contributed by atoms with Gasteiger partial charge in [-0.1, -0.05) is 0 Å². The molecular weight excluding hydrogens is 230 g/mol. The fourth-order valence-electron chi connectivity index (χ4n) is 1.71. The van der Waals surface area contributed by atoms with E-state index in [0.717, 1.165) is 0 Å². The molecule has 90 valence electrons. The highest BCUT2D eigenvalue weighted by atomic mass is 32.2. The molecule has 1 aliphatic heterocycles. The highest BCUT2D eigenvalue weighted by Crippen LogP contribution is 2.22. The summed E-state index contributed by atoms with van der Waals surface area (Å²) in [4.78, 5) is 0.199. The fraction of sp³-hybridized carbons (Fsp3) is 0.667. The fourth-order valence-corrected chi connectivity index (χ4v) is 3.19. The maximum Gasteiger partial charge on any atom is 0.246 e.